The molecule has 1 N–H and O–H groups in total. The first kappa shape index (κ1) is 19.1. The lowest BCUT2D eigenvalue weighted by molar-refractivity contribution is -0.137. The van der Waals surface area contributed by atoms with Crippen molar-refractivity contribution in [2.24, 2.45) is 0 Å². The number of anilines is 1. The Hall–Kier alpha value is -1.26. The summed E-state index contributed by atoms with van der Waals surface area (Å²) in [6, 6.07) is 1.25. The molecule has 1 heterocycles. The number of hydrogen-bond acceptors (Lipinski definition) is 3. The van der Waals surface area contributed by atoms with E-state index in [0.717, 1.165) is 10.9 Å². The number of alkyl halides is 6. The van der Waals surface area contributed by atoms with E-state index >= 15 is 0 Å². The van der Waals surface area contributed by atoms with E-state index < -0.39 is 39.1 Å². The number of hydrogen-bond donors (Lipinski definition) is 1. The predicted octanol–water partition coefficient (Wildman–Crippen LogP) is 5.85. The highest BCUT2D eigenvalue weighted by Gasteiger charge is 2.34. The van der Waals surface area contributed by atoms with Crippen LogP contribution in [0.15, 0.2) is 23.2 Å². The van der Waals surface area contributed by atoms with Gasteiger partial charge in [0, 0.05) is 7.05 Å². The van der Waals surface area contributed by atoms with Gasteiger partial charge in [0.25, 0.3) is 0 Å². The van der Waals surface area contributed by atoms with Crippen molar-refractivity contribution in [3.63, 3.8) is 0 Å². The summed E-state index contributed by atoms with van der Waals surface area (Å²) < 4.78 is 76.7. The van der Waals surface area contributed by atoms with Crippen molar-refractivity contribution < 1.29 is 26.3 Å². The summed E-state index contributed by atoms with van der Waals surface area (Å²) in [5, 5.41) is 5.43. The van der Waals surface area contributed by atoms with Crippen LogP contribution < -0.4 is 5.32 Å². The Balaban J connectivity index is 2.57. The van der Waals surface area contributed by atoms with Gasteiger partial charge in [0.1, 0.15) is 11.5 Å². The van der Waals surface area contributed by atoms with Gasteiger partial charge in [-0.05, 0) is 23.9 Å². The number of nitrogens with one attached hydrogen (secondary N) is 1. The molecule has 1 aromatic carbocycles. The van der Waals surface area contributed by atoms with Crippen LogP contribution in [-0.2, 0) is 6.18 Å². The van der Waals surface area contributed by atoms with Crippen molar-refractivity contribution in [1.82, 2.24) is 9.78 Å². The summed E-state index contributed by atoms with van der Waals surface area (Å²) >= 11 is 11.3. The first-order chi connectivity index (χ1) is 10.9. The zero-order valence-electron chi connectivity index (χ0n) is 11.6. The highest BCUT2D eigenvalue weighted by atomic mass is 35.5. The van der Waals surface area contributed by atoms with E-state index in [-0.39, 0.29) is 16.4 Å². The molecular weight excluding hydrogens is 403 g/mol. The molecule has 0 aliphatic rings. The topological polar surface area (TPSA) is 29.9 Å². The number of halogens is 8. The summed E-state index contributed by atoms with van der Waals surface area (Å²) in [6.45, 7) is 0. The fraction of sp³-hybridized carbons (Fsp3) is 0.250. The number of thioether (sulfide) groups is 1. The third kappa shape index (κ3) is 4.04. The van der Waals surface area contributed by atoms with Gasteiger partial charge in [-0.1, -0.05) is 23.2 Å². The van der Waals surface area contributed by atoms with Gasteiger partial charge in [0.05, 0.1) is 26.7 Å². The van der Waals surface area contributed by atoms with Crippen LogP contribution in [0.3, 0.4) is 0 Å². The van der Waals surface area contributed by atoms with E-state index in [1.165, 1.54) is 7.05 Å². The van der Waals surface area contributed by atoms with Gasteiger partial charge in [-0.2, -0.15) is 31.4 Å². The van der Waals surface area contributed by atoms with E-state index in [2.05, 4.69) is 10.4 Å². The molecule has 0 atom stereocenters. The molecule has 0 saturated carbocycles. The number of benzene rings is 1. The fourth-order valence-corrected chi connectivity index (χ4v) is 3.14. The molecule has 12 heteroatoms. The minimum atomic E-state index is -4.67. The van der Waals surface area contributed by atoms with E-state index in [1.807, 2.05) is 0 Å². The number of aromatic nitrogens is 2. The van der Waals surface area contributed by atoms with Crippen LogP contribution in [-0.4, -0.2) is 22.3 Å². The quantitative estimate of drug-likeness (QED) is 0.509. The second-order valence-electron chi connectivity index (χ2n) is 4.35. The van der Waals surface area contributed by atoms with E-state index in [0.29, 0.717) is 12.1 Å². The lowest BCUT2D eigenvalue weighted by Crippen LogP contribution is -2.09. The molecule has 2 rings (SSSR count). The van der Waals surface area contributed by atoms with Crippen molar-refractivity contribution >= 4 is 40.8 Å². The number of rotatable bonds is 3. The molecule has 0 saturated heterocycles. The van der Waals surface area contributed by atoms with Crippen molar-refractivity contribution in [1.29, 1.82) is 0 Å². The molecule has 0 amide bonds. The summed E-state index contributed by atoms with van der Waals surface area (Å²) in [4.78, 5) is -0.281. The average Bonchev–Trinajstić information content (AvgIpc) is 2.77. The molecule has 0 radical (unpaired) electrons. The Kier molecular flexibility index (Phi) is 5.22. The first-order valence-electron chi connectivity index (χ1n) is 6.02. The highest BCUT2D eigenvalue weighted by Crippen LogP contribution is 2.43. The monoisotopic (exact) mass is 409 g/mol. The van der Waals surface area contributed by atoms with Crippen molar-refractivity contribution in [2.45, 2.75) is 16.6 Å². The lowest BCUT2D eigenvalue weighted by Gasteiger charge is -2.15. The zero-order valence-corrected chi connectivity index (χ0v) is 13.9. The zero-order chi connectivity index (χ0) is 18.3. The Bertz CT molecular complexity index is 733. The second kappa shape index (κ2) is 6.57. The minimum Gasteiger partial charge on any atom is -0.372 e. The molecule has 24 heavy (non-hydrogen) atoms. The third-order valence-electron chi connectivity index (χ3n) is 2.75. The van der Waals surface area contributed by atoms with Gasteiger partial charge in [-0.15, -0.1) is 0 Å². The van der Waals surface area contributed by atoms with Gasteiger partial charge in [0.2, 0.25) is 0 Å². The Labute approximate surface area is 145 Å². The molecule has 0 aliphatic carbocycles. The summed E-state index contributed by atoms with van der Waals surface area (Å²) in [5.41, 5.74) is -5.80. The standard InChI is InChI=1S/C12H7Cl2F6N3S/c1-21-10-8(24-12(18,19)20)4-22-23(10)9-6(13)2-5(3-7(9)14)11(15,16)17/h2-4,21H,1H3. The highest BCUT2D eigenvalue weighted by molar-refractivity contribution is 8.00. The molecule has 2 aromatic rings. The Morgan fingerprint density at radius 3 is 2.04 bits per heavy atom. The van der Waals surface area contributed by atoms with Gasteiger partial charge in [-0.25, -0.2) is 4.68 Å². The summed E-state index contributed by atoms with van der Waals surface area (Å²) in [7, 11) is 1.33. The van der Waals surface area contributed by atoms with Crippen LogP contribution in [0.4, 0.5) is 32.2 Å². The molecule has 0 unspecified atom stereocenters. The van der Waals surface area contributed by atoms with Gasteiger partial charge in [0.15, 0.2) is 0 Å². The van der Waals surface area contributed by atoms with Crippen LogP contribution in [0, 0.1) is 0 Å². The van der Waals surface area contributed by atoms with Gasteiger partial charge < -0.3 is 5.32 Å². The van der Waals surface area contributed by atoms with Gasteiger partial charge in [-0.3, -0.25) is 0 Å². The van der Waals surface area contributed by atoms with Crippen LogP contribution in [0.1, 0.15) is 5.56 Å². The molecule has 0 fully saturated rings. The Morgan fingerprint density at radius 2 is 1.62 bits per heavy atom. The normalized spacial score (nSPS) is 12.5. The molecule has 0 bridgehead atoms. The molecular formula is C12H7Cl2F6N3S. The molecule has 3 nitrogen and oxygen atoms in total. The van der Waals surface area contributed by atoms with Crippen LogP contribution in [0.2, 0.25) is 10.0 Å². The first-order valence-corrected chi connectivity index (χ1v) is 7.59. The largest absolute Gasteiger partial charge is 0.446 e. The molecule has 0 aliphatic heterocycles. The van der Waals surface area contributed by atoms with Gasteiger partial charge >= 0.3 is 11.7 Å². The molecule has 132 valence electrons. The van der Waals surface area contributed by atoms with Crippen LogP contribution in [0.5, 0.6) is 0 Å². The maximum absolute atomic E-state index is 12.7. The summed E-state index contributed by atoms with van der Waals surface area (Å²) in [6.07, 6.45) is -3.76. The maximum atomic E-state index is 12.7. The molecule has 1 aromatic heterocycles. The van der Waals surface area contributed by atoms with Crippen molar-refractivity contribution in [2.75, 3.05) is 12.4 Å². The second-order valence-corrected chi connectivity index (χ2v) is 6.27. The van der Waals surface area contributed by atoms with Crippen LogP contribution >= 0.6 is 35.0 Å². The fourth-order valence-electron chi connectivity index (χ4n) is 1.86. The van der Waals surface area contributed by atoms with E-state index in [4.69, 9.17) is 23.2 Å². The summed E-state index contributed by atoms with van der Waals surface area (Å²) in [5.74, 6) is -0.110. The van der Waals surface area contributed by atoms with E-state index in [1.54, 1.807) is 0 Å². The average molecular weight is 410 g/mol. The van der Waals surface area contributed by atoms with E-state index in [9.17, 15) is 26.3 Å². The SMILES string of the molecule is CNc1c(SC(F)(F)F)cnn1-c1c(Cl)cc(C(F)(F)F)cc1Cl. The maximum Gasteiger partial charge on any atom is 0.446 e. The lowest BCUT2D eigenvalue weighted by atomic mass is 10.2. The Morgan fingerprint density at radius 1 is 1.08 bits per heavy atom. The van der Waals surface area contributed by atoms with Crippen molar-refractivity contribution in [3.8, 4) is 5.69 Å². The third-order valence-corrected chi connectivity index (χ3v) is 4.08. The minimum absolute atomic E-state index is 0.110. The molecule has 0 spiro atoms. The van der Waals surface area contributed by atoms with Crippen LogP contribution in [0.25, 0.3) is 5.69 Å². The smallest absolute Gasteiger partial charge is 0.372 e. The predicted molar refractivity (Wildman–Crippen MR) is 80.0 cm³/mol. The number of nitrogens with zero attached hydrogens (tertiary/aromatic N) is 2. The van der Waals surface area contributed by atoms with Crippen molar-refractivity contribution in [3.05, 3.63) is 33.9 Å².